The zero-order valence-corrected chi connectivity index (χ0v) is 35.8. The van der Waals surface area contributed by atoms with Crippen molar-refractivity contribution in [2.45, 2.75) is 192 Å². The van der Waals surface area contributed by atoms with E-state index in [9.17, 15) is 29.6 Å². The van der Waals surface area contributed by atoms with Crippen molar-refractivity contribution in [3.63, 3.8) is 0 Å². The van der Waals surface area contributed by atoms with Crippen LogP contribution in [0.5, 0.6) is 0 Å². The third-order valence-corrected chi connectivity index (χ3v) is 10.8. The minimum absolute atomic E-state index is 0.0316. The van der Waals surface area contributed by atoms with Crippen LogP contribution >= 0.6 is 7.82 Å². The zero-order valence-electron chi connectivity index (χ0n) is 34.9. The molecule has 7 atom stereocenters. The molecule has 0 bridgehead atoms. The first kappa shape index (κ1) is 52.6. The Labute approximate surface area is 339 Å². The number of rotatable bonds is 37. The summed E-state index contributed by atoms with van der Waals surface area (Å²) in [6.45, 7) is 4.36. The molecule has 0 radical (unpaired) electrons. The molecule has 1 aliphatic heterocycles. The standard InChI is InChI=1S/C43H80NO11P/c1-3-5-7-8-9-10-11-12-13-14-15-16-17-18-21-25-32-51-35-38(36-53-56(49,50)52-33-31-44)54-42(47)28-24-20-19-23-27-39-40(46)34-43(48)55-41(39)30-29-37(45)26-22-6-4-2/h6,19,22-23,29-30,37-41,43,45-46,48H,3-5,7-18,20-21,24-28,31-36,44H2,1-2H3,(H,49,50)/b22-6-,23-19-,30-29+. The third kappa shape index (κ3) is 29.7. The quantitative estimate of drug-likeness (QED) is 0.0174. The Morgan fingerprint density at radius 1 is 0.821 bits per heavy atom. The van der Waals surface area contributed by atoms with Crippen LogP contribution in [0.2, 0.25) is 0 Å². The van der Waals surface area contributed by atoms with Gasteiger partial charge < -0.3 is 40.2 Å². The molecule has 0 aromatic carbocycles. The number of hydrogen-bond acceptors (Lipinski definition) is 11. The molecule has 7 unspecified atom stereocenters. The molecule has 0 amide bonds. The maximum absolute atomic E-state index is 12.7. The van der Waals surface area contributed by atoms with E-state index in [1.165, 1.54) is 83.5 Å². The van der Waals surface area contributed by atoms with Crippen molar-refractivity contribution >= 4 is 13.8 Å². The Morgan fingerprint density at radius 2 is 1.45 bits per heavy atom. The fraction of sp³-hybridized carbons (Fsp3) is 0.837. The number of hydrogen-bond donors (Lipinski definition) is 5. The van der Waals surface area contributed by atoms with Crippen molar-refractivity contribution in [1.29, 1.82) is 0 Å². The second-order valence-corrected chi connectivity index (χ2v) is 16.5. The molecule has 0 aliphatic carbocycles. The molecule has 1 heterocycles. The zero-order chi connectivity index (χ0) is 41.1. The summed E-state index contributed by atoms with van der Waals surface area (Å²) in [5.74, 6) is -0.776. The molecule has 6 N–H and O–H groups in total. The first-order valence-corrected chi connectivity index (χ1v) is 23.4. The van der Waals surface area contributed by atoms with Crippen LogP contribution in [0.3, 0.4) is 0 Å². The highest BCUT2D eigenvalue weighted by atomic mass is 31.2. The van der Waals surface area contributed by atoms with Crippen LogP contribution in [0.1, 0.15) is 162 Å². The molecule has 12 nitrogen and oxygen atoms in total. The monoisotopic (exact) mass is 818 g/mol. The maximum atomic E-state index is 12.7. The number of unbranched alkanes of at least 4 members (excludes halogenated alkanes) is 16. The number of aliphatic hydroxyl groups excluding tert-OH is 3. The molecule has 328 valence electrons. The highest BCUT2D eigenvalue weighted by molar-refractivity contribution is 7.47. The van der Waals surface area contributed by atoms with Crippen LogP contribution < -0.4 is 5.73 Å². The van der Waals surface area contributed by atoms with Gasteiger partial charge in [0.2, 0.25) is 0 Å². The normalized spacial score (nSPS) is 21.3. The van der Waals surface area contributed by atoms with Crippen molar-refractivity contribution in [1.82, 2.24) is 0 Å². The predicted molar refractivity (Wildman–Crippen MR) is 223 cm³/mol. The van der Waals surface area contributed by atoms with Crippen molar-refractivity contribution in [3.8, 4) is 0 Å². The van der Waals surface area contributed by atoms with E-state index in [4.69, 9.17) is 29.0 Å². The predicted octanol–water partition coefficient (Wildman–Crippen LogP) is 8.74. The van der Waals surface area contributed by atoms with Gasteiger partial charge in [0.1, 0.15) is 6.10 Å². The van der Waals surface area contributed by atoms with E-state index in [0.717, 1.165) is 25.7 Å². The van der Waals surface area contributed by atoms with E-state index in [1.807, 2.05) is 31.2 Å². The van der Waals surface area contributed by atoms with Gasteiger partial charge in [0.15, 0.2) is 6.29 Å². The van der Waals surface area contributed by atoms with Crippen molar-refractivity contribution in [3.05, 3.63) is 36.5 Å². The molecule has 0 spiro atoms. The van der Waals surface area contributed by atoms with Crippen molar-refractivity contribution in [2.75, 3.05) is 33.0 Å². The van der Waals surface area contributed by atoms with E-state index < -0.39 is 44.5 Å². The number of esters is 1. The van der Waals surface area contributed by atoms with Crippen LogP contribution in [0, 0.1) is 5.92 Å². The van der Waals surface area contributed by atoms with E-state index in [-0.39, 0.29) is 45.1 Å². The Morgan fingerprint density at radius 3 is 2.05 bits per heavy atom. The van der Waals surface area contributed by atoms with Crippen LogP contribution in [0.25, 0.3) is 0 Å². The van der Waals surface area contributed by atoms with Crippen molar-refractivity contribution in [2.24, 2.45) is 11.7 Å². The molecule has 56 heavy (non-hydrogen) atoms. The van der Waals surface area contributed by atoms with Gasteiger partial charge >= 0.3 is 13.8 Å². The minimum Gasteiger partial charge on any atom is -0.457 e. The molecule has 1 fully saturated rings. The number of aliphatic hydroxyl groups is 3. The highest BCUT2D eigenvalue weighted by Crippen LogP contribution is 2.43. The van der Waals surface area contributed by atoms with Gasteiger partial charge in [0.05, 0.1) is 38.1 Å². The second kappa shape index (κ2) is 35.5. The first-order chi connectivity index (χ1) is 27.1. The Kier molecular flexibility index (Phi) is 33.3. The lowest BCUT2D eigenvalue weighted by molar-refractivity contribution is -0.199. The minimum atomic E-state index is -4.35. The summed E-state index contributed by atoms with van der Waals surface area (Å²) in [7, 11) is -4.35. The largest absolute Gasteiger partial charge is 0.472 e. The van der Waals surface area contributed by atoms with Crippen LogP contribution in [-0.4, -0.2) is 89.9 Å². The molecule has 0 saturated carbocycles. The lowest BCUT2D eigenvalue weighted by Crippen LogP contribution is -2.43. The molecule has 0 aromatic rings. The van der Waals surface area contributed by atoms with Crippen LogP contribution in [0.4, 0.5) is 0 Å². The third-order valence-electron chi connectivity index (χ3n) is 9.84. The number of nitrogens with two attached hydrogens (primary N) is 1. The van der Waals surface area contributed by atoms with Gasteiger partial charge in [-0.1, -0.05) is 147 Å². The van der Waals surface area contributed by atoms with E-state index >= 15 is 0 Å². The van der Waals surface area contributed by atoms with Gasteiger partial charge in [-0.25, -0.2) is 4.57 Å². The molecule has 0 aromatic heterocycles. The average molecular weight is 818 g/mol. The molecular weight excluding hydrogens is 737 g/mol. The number of carbonyl (C=O) groups excluding carboxylic acids is 1. The fourth-order valence-corrected chi connectivity index (χ4v) is 7.35. The van der Waals surface area contributed by atoms with E-state index in [2.05, 4.69) is 6.92 Å². The Hall–Kier alpha value is -1.44. The van der Waals surface area contributed by atoms with Gasteiger partial charge in [0, 0.05) is 31.9 Å². The summed E-state index contributed by atoms with van der Waals surface area (Å²) in [4.78, 5) is 22.6. The molecular formula is C43H80NO11P. The van der Waals surface area contributed by atoms with Gasteiger partial charge in [0.25, 0.3) is 0 Å². The summed E-state index contributed by atoms with van der Waals surface area (Å²) in [6, 6.07) is 0. The van der Waals surface area contributed by atoms with Gasteiger partial charge in [-0.05, 0) is 38.5 Å². The summed E-state index contributed by atoms with van der Waals surface area (Å²) in [5, 5.41) is 30.9. The van der Waals surface area contributed by atoms with Gasteiger partial charge in [-0.3, -0.25) is 13.8 Å². The number of allylic oxidation sites excluding steroid dienone is 3. The lowest BCUT2D eigenvalue weighted by Gasteiger charge is -2.36. The maximum Gasteiger partial charge on any atom is 0.472 e. The first-order valence-electron chi connectivity index (χ1n) is 21.9. The Balaban J connectivity index is 2.38. The fourth-order valence-electron chi connectivity index (χ4n) is 6.58. The smallest absolute Gasteiger partial charge is 0.457 e. The summed E-state index contributed by atoms with van der Waals surface area (Å²) >= 11 is 0. The molecule has 1 rings (SSSR count). The Bertz CT molecular complexity index is 1070. The van der Waals surface area contributed by atoms with Crippen LogP contribution in [0.15, 0.2) is 36.5 Å². The molecule has 1 aliphatic rings. The van der Waals surface area contributed by atoms with Crippen LogP contribution in [-0.2, 0) is 32.6 Å². The molecule has 1 saturated heterocycles. The molecule has 13 heteroatoms. The average Bonchev–Trinajstić information content (AvgIpc) is 3.16. The van der Waals surface area contributed by atoms with Crippen molar-refractivity contribution < 1.29 is 52.8 Å². The van der Waals surface area contributed by atoms with Gasteiger partial charge in [-0.15, -0.1) is 0 Å². The SMILES string of the molecule is CC/C=C\CC(O)/C=C/C1OC(O)CC(O)C1C/C=C\CCCC(=O)OC(COCCCCCCCCCCCCCCCCCC)COP(=O)(O)OCCN. The van der Waals surface area contributed by atoms with E-state index in [0.29, 0.717) is 32.3 Å². The topological polar surface area (TPSA) is 187 Å². The summed E-state index contributed by atoms with van der Waals surface area (Å²) < 4.78 is 39.1. The van der Waals surface area contributed by atoms with Gasteiger partial charge in [-0.2, -0.15) is 0 Å². The summed E-state index contributed by atoms with van der Waals surface area (Å²) in [6.07, 6.45) is 30.8. The summed E-state index contributed by atoms with van der Waals surface area (Å²) in [5.41, 5.74) is 5.36. The lowest BCUT2D eigenvalue weighted by atomic mass is 9.87. The second-order valence-electron chi connectivity index (χ2n) is 15.1. The van der Waals surface area contributed by atoms with E-state index in [1.54, 1.807) is 12.2 Å². The number of carbonyl (C=O) groups is 1. The number of phosphoric acid groups is 1. The highest BCUT2D eigenvalue weighted by Gasteiger charge is 2.35. The number of phosphoric ester groups is 1. The number of ether oxygens (including phenoxy) is 3.